The van der Waals surface area contributed by atoms with Crippen molar-refractivity contribution in [1.29, 1.82) is 0 Å². The van der Waals surface area contributed by atoms with E-state index in [1.165, 1.54) is 9.21 Å². The smallest absolute Gasteiger partial charge is 0.264 e. The van der Waals surface area contributed by atoms with Crippen LogP contribution in [0.1, 0.15) is 54.5 Å². The number of hydrogen-bond acceptors (Lipinski definition) is 4. The van der Waals surface area contributed by atoms with Crippen LogP contribution in [0.25, 0.3) is 0 Å². The molecule has 0 spiro atoms. The normalized spacial score (nSPS) is 12.1. The SMILES string of the molecule is CCCCNC(=O)C(C)N(Cc1cccc(C)c1)C(=O)CN(c1ccc(C)cc1C)S(=O)(=O)c1ccc(C)cc1. The summed E-state index contributed by atoms with van der Waals surface area (Å²) in [4.78, 5) is 28.7. The molecule has 0 radical (unpaired) electrons. The Morgan fingerprint density at radius 3 is 2.15 bits per heavy atom. The molecule has 0 heterocycles. The molecule has 0 aromatic heterocycles. The van der Waals surface area contributed by atoms with E-state index in [0.29, 0.717) is 12.2 Å². The summed E-state index contributed by atoms with van der Waals surface area (Å²) in [5.41, 5.74) is 4.97. The lowest BCUT2D eigenvalue weighted by Crippen LogP contribution is -2.51. The molecular formula is C32H41N3O4S. The second-order valence-corrected chi connectivity index (χ2v) is 12.3. The molecule has 0 aliphatic heterocycles. The van der Waals surface area contributed by atoms with Crippen LogP contribution in [0, 0.1) is 27.7 Å². The first-order valence-electron chi connectivity index (χ1n) is 13.7. The van der Waals surface area contributed by atoms with Gasteiger partial charge in [0.25, 0.3) is 10.0 Å². The number of carbonyl (C=O) groups excluding carboxylic acids is 2. The average molecular weight is 564 g/mol. The highest BCUT2D eigenvalue weighted by molar-refractivity contribution is 7.92. The molecule has 3 rings (SSSR count). The van der Waals surface area contributed by atoms with Crippen LogP contribution in [0.3, 0.4) is 0 Å². The maximum absolute atomic E-state index is 14.0. The molecule has 3 aromatic carbocycles. The average Bonchev–Trinajstić information content (AvgIpc) is 2.90. The minimum Gasteiger partial charge on any atom is -0.354 e. The molecule has 1 N–H and O–H groups in total. The van der Waals surface area contributed by atoms with Gasteiger partial charge in [-0.1, -0.05) is 78.6 Å². The van der Waals surface area contributed by atoms with Gasteiger partial charge in [0.15, 0.2) is 0 Å². The van der Waals surface area contributed by atoms with E-state index in [4.69, 9.17) is 0 Å². The minimum atomic E-state index is -4.09. The molecule has 7 nitrogen and oxygen atoms in total. The van der Waals surface area contributed by atoms with Crippen molar-refractivity contribution >= 4 is 27.5 Å². The van der Waals surface area contributed by atoms with E-state index in [2.05, 4.69) is 5.32 Å². The molecular weight excluding hydrogens is 522 g/mol. The Morgan fingerprint density at radius 2 is 1.52 bits per heavy atom. The Balaban J connectivity index is 2.04. The molecule has 0 saturated heterocycles. The highest BCUT2D eigenvalue weighted by Crippen LogP contribution is 2.28. The van der Waals surface area contributed by atoms with Gasteiger partial charge in [0.1, 0.15) is 12.6 Å². The first-order chi connectivity index (χ1) is 18.9. The zero-order valence-electron chi connectivity index (χ0n) is 24.4. The Morgan fingerprint density at radius 1 is 0.875 bits per heavy atom. The second-order valence-electron chi connectivity index (χ2n) is 10.4. The third-order valence-corrected chi connectivity index (χ3v) is 8.72. The van der Waals surface area contributed by atoms with E-state index < -0.39 is 28.5 Å². The summed E-state index contributed by atoms with van der Waals surface area (Å²) < 4.78 is 29.2. The second kappa shape index (κ2) is 13.6. The number of amides is 2. The lowest BCUT2D eigenvalue weighted by atomic mass is 10.1. The fourth-order valence-corrected chi connectivity index (χ4v) is 6.04. The van der Waals surface area contributed by atoms with Crippen LogP contribution in [-0.4, -0.2) is 44.3 Å². The van der Waals surface area contributed by atoms with Crippen molar-refractivity contribution < 1.29 is 18.0 Å². The lowest BCUT2D eigenvalue weighted by Gasteiger charge is -2.32. The van der Waals surface area contributed by atoms with Gasteiger partial charge < -0.3 is 10.2 Å². The summed E-state index contributed by atoms with van der Waals surface area (Å²) in [6.45, 7) is 11.6. The van der Waals surface area contributed by atoms with E-state index in [1.54, 1.807) is 37.3 Å². The molecule has 214 valence electrons. The third-order valence-electron chi connectivity index (χ3n) is 6.94. The number of hydrogen-bond donors (Lipinski definition) is 1. The number of nitrogens with zero attached hydrogens (tertiary/aromatic N) is 2. The molecule has 8 heteroatoms. The molecule has 1 unspecified atom stereocenters. The Hall–Kier alpha value is -3.65. The quantitative estimate of drug-likeness (QED) is 0.297. The van der Waals surface area contributed by atoms with Crippen molar-refractivity contribution in [2.24, 2.45) is 0 Å². The van der Waals surface area contributed by atoms with Gasteiger partial charge in [-0.3, -0.25) is 13.9 Å². The van der Waals surface area contributed by atoms with Crippen LogP contribution in [0.5, 0.6) is 0 Å². The molecule has 2 amide bonds. The number of nitrogens with one attached hydrogen (secondary N) is 1. The monoisotopic (exact) mass is 563 g/mol. The van der Waals surface area contributed by atoms with Gasteiger partial charge in [-0.15, -0.1) is 0 Å². The number of anilines is 1. The Labute approximate surface area is 239 Å². The van der Waals surface area contributed by atoms with Gasteiger partial charge in [-0.05, 0) is 70.4 Å². The number of rotatable bonds is 12. The van der Waals surface area contributed by atoms with E-state index in [9.17, 15) is 18.0 Å². The van der Waals surface area contributed by atoms with Gasteiger partial charge in [0.05, 0.1) is 10.6 Å². The standard InChI is InChI=1S/C32H41N3O4S/c1-7-8-18-33-32(37)27(6)34(21-28-11-9-10-24(3)20-28)31(36)22-35(30-17-14-25(4)19-26(30)5)40(38,39)29-15-12-23(2)13-16-29/h9-17,19-20,27H,7-8,18,21-22H2,1-6H3,(H,33,37). The first-order valence-corrected chi connectivity index (χ1v) is 15.2. The zero-order chi connectivity index (χ0) is 29.4. The van der Waals surface area contributed by atoms with Crippen LogP contribution in [0.15, 0.2) is 71.6 Å². The fraction of sp³-hybridized carbons (Fsp3) is 0.375. The predicted octanol–water partition coefficient (Wildman–Crippen LogP) is 5.45. The molecule has 40 heavy (non-hydrogen) atoms. The van der Waals surface area contributed by atoms with Crippen LogP contribution in [0.4, 0.5) is 5.69 Å². The predicted molar refractivity (Wildman–Crippen MR) is 161 cm³/mol. The zero-order valence-corrected chi connectivity index (χ0v) is 25.2. The largest absolute Gasteiger partial charge is 0.354 e. The van der Waals surface area contributed by atoms with E-state index in [1.807, 2.05) is 71.0 Å². The molecule has 3 aromatic rings. The molecule has 0 fully saturated rings. The minimum absolute atomic E-state index is 0.0986. The topological polar surface area (TPSA) is 86.8 Å². The summed E-state index contributed by atoms with van der Waals surface area (Å²) in [7, 11) is -4.09. The van der Waals surface area contributed by atoms with Crippen molar-refractivity contribution in [2.45, 2.75) is 71.9 Å². The van der Waals surface area contributed by atoms with E-state index in [0.717, 1.165) is 40.7 Å². The van der Waals surface area contributed by atoms with Gasteiger partial charge in [-0.2, -0.15) is 0 Å². The number of sulfonamides is 1. The van der Waals surface area contributed by atoms with E-state index >= 15 is 0 Å². The number of benzene rings is 3. The maximum Gasteiger partial charge on any atom is 0.264 e. The first kappa shape index (κ1) is 30.9. The Kier molecular flexibility index (Phi) is 10.5. The summed E-state index contributed by atoms with van der Waals surface area (Å²) >= 11 is 0. The van der Waals surface area contributed by atoms with Gasteiger partial charge in [-0.25, -0.2) is 8.42 Å². The van der Waals surface area contributed by atoms with Crippen molar-refractivity contribution in [1.82, 2.24) is 10.2 Å². The molecule has 0 aliphatic carbocycles. The molecule has 0 bridgehead atoms. The van der Waals surface area contributed by atoms with Crippen LogP contribution in [-0.2, 0) is 26.2 Å². The maximum atomic E-state index is 14.0. The van der Waals surface area contributed by atoms with Crippen molar-refractivity contribution in [3.63, 3.8) is 0 Å². The highest BCUT2D eigenvalue weighted by atomic mass is 32.2. The number of carbonyl (C=O) groups is 2. The van der Waals surface area contributed by atoms with Crippen molar-refractivity contribution in [3.05, 3.63) is 94.5 Å². The van der Waals surface area contributed by atoms with Gasteiger partial charge >= 0.3 is 0 Å². The van der Waals surface area contributed by atoms with Crippen molar-refractivity contribution in [2.75, 3.05) is 17.4 Å². The molecule has 1 atom stereocenters. The van der Waals surface area contributed by atoms with E-state index in [-0.39, 0.29) is 17.3 Å². The highest BCUT2D eigenvalue weighted by Gasteiger charge is 2.33. The van der Waals surface area contributed by atoms with Gasteiger partial charge in [0, 0.05) is 13.1 Å². The lowest BCUT2D eigenvalue weighted by molar-refractivity contribution is -0.139. The molecule has 0 aliphatic rings. The number of unbranched alkanes of at least 4 members (excludes halogenated alkanes) is 1. The summed E-state index contributed by atoms with van der Waals surface area (Å²) in [6, 6.07) is 19.0. The summed E-state index contributed by atoms with van der Waals surface area (Å²) in [5.74, 6) is -0.732. The van der Waals surface area contributed by atoms with Crippen LogP contribution >= 0.6 is 0 Å². The van der Waals surface area contributed by atoms with Gasteiger partial charge in [0.2, 0.25) is 11.8 Å². The van der Waals surface area contributed by atoms with Crippen molar-refractivity contribution in [3.8, 4) is 0 Å². The third kappa shape index (κ3) is 7.72. The van der Waals surface area contributed by atoms with Crippen LogP contribution in [0.2, 0.25) is 0 Å². The fourth-order valence-electron chi connectivity index (χ4n) is 4.56. The molecule has 0 saturated carbocycles. The number of aryl methyl sites for hydroxylation is 4. The summed E-state index contributed by atoms with van der Waals surface area (Å²) in [5, 5.41) is 2.91. The summed E-state index contributed by atoms with van der Waals surface area (Å²) in [6.07, 6.45) is 1.77. The Bertz CT molecular complexity index is 1430. The van der Waals surface area contributed by atoms with Crippen LogP contribution < -0.4 is 9.62 Å².